The van der Waals surface area contributed by atoms with Gasteiger partial charge in [0.25, 0.3) is 0 Å². The molecule has 2 N–H and O–H groups in total. The fourth-order valence-electron chi connectivity index (χ4n) is 1.49. The zero-order valence-corrected chi connectivity index (χ0v) is 11.4. The van der Waals surface area contributed by atoms with Gasteiger partial charge in [0.2, 0.25) is 10.0 Å². The number of carboxylic acids is 1. The molecule has 0 aliphatic carbocycles. The smallest absolute Gasteiger partial charge is 0.322 e. The van der Waals surface area contributed by atoms with E-state index in [1.54, 1.807) is 13.8 Å². The van der Waals surface area contributed by atoms with Crippen LogP contribution in [0.3, 0.4) is 0 Å². The lowest BCUT2D eigenvalue weighted by molar-refractivity contribution is -0.140. The number of benzene rings is 1. The molecule has 0 bridgehead atoms. The number of nitrogens with one attached hydrogen (secondary N) is 1. The largest absolute Gasteiger partial charge is 0.480 e. The third kappa shape index (κ3) is 4.00. The van der Waals surface area contributed by atoms with Crippen LogP contribution in [0, 0.1) is 11.7 Å². The van der Waals surface area contributed by atoms with Crippen molar-refractivity contribution in [1.82, 2.24) is 4.72 Å². The van der Waals surface area contributed by atoms with Gasteiger partial charge in [-0.25, -0.2) is 12.8 Å². The van der Waals surface area contributed by atoms with Crippen molar-refractivity contribution in [2.75, 3.05) is 0 Å². The number of carbonyl (C=O) groups is 1. The standard InChI is InChI=1S/C12H16FNO4S/c1-3-8(2)11(12(15)16)14-19(17,18)10-6-4-9(13)5-7-10/h4-8,11,14H,3H2,1-2H3,(H,15,16)/t8-,11-/m1/s1. The van der Waals surface area contributed by atoms with Crippen LogP contribution in [0.4, 0.5) is 4.39 Å². The van der Waals surface area contributed by atoms with Crippen molar-refractivity contribution in [2.45, 2.75) is 31.2 Å². The van der Waals surface area contributed by atoms with E-state index in [9.17, 15) is 17.6 Å². The summed E-state index contributed by atoms with van der Waals surface area (Å²) >= 11 is 0. The fourth-order valence-corrected chi connectivity index (χ4v) is 2.79. The van der Waals surface area contributed by atoms with Gasteiger partial charge in [-0.3, -0.25) is 4.79 Å². The van der Waals surface area contributed by atoms with Gasteiger partial charge in [0.05, 0.1) is 4.90 Å². The molecule has 0 unspecified atom stereocenters. The van der Waals surface area contributed by atoms with Crippen molar-refractivity contribution in [1.29, 1.82) is 0 Å². The van der Waals surface area contributed by atoms with E-state index in [4.69, 9.17) is 5.11 Å². The van der Waals surface area contributed by atoms with Crippen molar-refractivity contribution >= 4 is 16.0 Å². The van der Waals surface area contributed by atoms with Crippen LogP contribution in [-0.4, -0.2) is 25.5 Å². The second kappa shape index (κ2) is 6.12. The summed E-state index contributed by atoms with van der Waals surface area (Å²) in [5, 5.41) is 9.04. The molecule has 7 heteroatoms. The molecule has 5 nitrogen and oxygen atoms in total. The topological polar surface area (TPSA) is 83.5 Å². The van der Waals surface area contributed by atoms with Gasteiger partial charge in [-0.05, 0) is 30.2 Å². The SMILES string of the molecule is CC[C@@H](C)[C@@H](NS(=O)(=O)c1ccc(F)cc1)C(=O)O. The maximum atomic E-state index is 12.7. The molecule has 0 radical (unpaired) electrons. The highest BCUT2D eigenvalue weighted by Crippen LogP contribution is 2.14. The van der Waals surface area contributed by atoms with Crippen LogP contribution < -0.4 is 4.72 Å². The number of halogens is 1. The van der Waals surface area contributed by atoms with Crippen LogP contribution in [-0.2, 0) is 14.8 Å². The van der Waals surface area contributed by atoms with Crippen LogP contribution in [0.5, 0.6) is 0 Å². The van der Waals surface area contributed by atoms with Gasteiger partial charge >= 0.3 is 5.97 Å². The van der Waals surface area contributed by atoms with Gasteiger partial charge in [0.1, 0.15) is 11.9 Å². The van der Waals surface area contributed by atoms with Gasteiger partial charge < -0.3 is 5.11 Å². The fraction of sp³-hybridized carbons (Fsp3) is 0.417. The normalized spacial score (nSPS) is 14.9. The molecular weight excluding hydrogens is 273 g/mol. The number of hydrogen-bond donors (Lipinski definition) is 2. The van der Waals surface area contributed by atoms with Crippen molar-refractivity contribution in [3.63, 3.8) is 0 Å². The van der Waals surface area contributed by atoms with E-state index in [0.29, 0.717) is 6.42 Å². The van der Waals surface area contributed by atoms with Crippen molar-refractivity contribution in [3.8, 4) is 0 Å². The number of sulfonamides is 1. The maximum absolute atomic E-state index is 12.7. The zero-order chi connectivity index (χ0) is 14.6. The van der Waals surface area contributed by atoms with Crippen molar-refractivity contribution in [2.24, 2.45) is 5.92 Å². The van der Waals surface area contributed by atoms with Gasteiger partial charge in [0, 0.05) is 0 Å². The lowest BCUT2D eigenvalue weighted by atomic mass is 10.0. The number of hydrogen-bond acceptors (Lipinski definition) is 3. The number of carboxylic acid groups (broad SMARTS) is 1. The summed E-state index contributed by atoms with van der Waals surface area (Å²) in [6.45, 7) is 3.42. The van der Waals surface area contributed by atoms with E-state index in [1.807, 2.05) is 0 Å². The monoisotopic (exact) mass is 289 g/mol. The Kier molecular flexibility index (Phi) is 5.02. The molecule has 0 aliphatic rings. The molecule has 1 aromatic carbocycles. The molecule has 0 heterocycles. The molecule has 19 heavy (non-hydrogen) atoms. The second-order valence-electron chi connectivity index (χ2n) is 4.28. The molecule has 0 spiro atoms. The summed E-state index contributed by atoms with van der Waals surface area (Å²) in [5.74, 6) is -2.15. The third-order valence-electron chi connectivity index (χ3n) is 2.89. The van der Waals surface area contributed by atoms with Gasteiger partial charge in [0.15, 0.2) is 0 Å². The predicted molar refractivity (Wildman–Crippen MR) is 67.6 cm³/mol. The molecule has 0 saturated heterocycles. The molecule has 1 aromatic rings. The average molecular weight is 289 g/mol. The average Bonchev–Trinajstić information content (AvgIpc) is 2.35. The van der Waals surface area contributed by atoms with Crippen molar-refractivity contribution < 1.29 is 22.7 Å². The Bertz CT molecular complexity index is 541. The predicted octanol–water partition coefficient (Wildman–Crippen LogP) is 1.60. The summed E-state index contributed by atoms with van der Waals surface area (Å²) in [6.07, 6.45) is 0.517. The van der Waals surface area contributed by atoms with Gasteiger partial charge in [-0.2, -0.15) is 4.72 Å². The first-order valence-electron chi connectivity index (χ1n) is 5.78. The lowest BCUT2D eigenvalue weighted by Crippen LogP contribution is -2.44. The number of rotatable bonds is 6. The highest BCUT2D eigenvalue weighted by atomic mass is 32.2. The molecule has 0 saturated carbocycles. The highest BCUT2D eigenvalue weighted by molar-refractivity contribution is 7.89. The van der Waals surface area contributed by atoms with Crippen LogP contribution in [0.2, 0.25) is 0 Å². The Hall–Kier alpha value is -1.47. The Morgan fingerprint density at radius 2 is 1.89 bits per heavy atom. The minimum Gasteiger partial charge on any atom is -0.480 e. The third-order valence-corrected chi connectivity index (χ3v) is 4.34. The summed E-state index contributed by atoms with van der Waals surface area (Å²) in [7, 11) is -3.97. The van der Waals surface area contributed by atoms with Crippen LogP contribution >= 0.6 is 0 Å². The highest BCUT2D eigenvalue weighted by Gasteiger charge is 2.29. The van der Waals surface area contributed by atoms with E-state index >= 15 is 0 Å². The first kappa shape index (κ1) is 15.6. The van der Waals surface area contributed by atoms with E-state index in [0.717, 1.165) is 24.3 Å². The first-order valence-corrected chi connectivity index (χ1v) is 7.27. The van der Waals surface area contributed by atoms with E-state index in [-0.39, 0.29) is 10.8 Å². The summed E-state index contributed by atoms with van der Waals surface area (Å²) in [5.41, 5.74) is 0. The minimum absolute atomic E-state index is 0.163. The Balaban J connectivity index is 3.00. The van der Waals surface area contributed by atoms with Gasteiger partial charge in [-0.1, -0.05) is 20.3 Å². The Labute approximate surface area is 111 Å². The second-order valence-corrected chi connectivity index (χ2v) is 5.99. The summed E-state index contributed by atoms with van der Waals surface area (Å²) in [6, 6.07) is 2.99. The van der Waals surface area contributed by atoms with Crippen LogP contribution in [0.15, 0.2) is 29.2 Å². The van der Waals surface area contributed by atoms with E-state index in [2.05, 4.69) is 4.72 Å². The molecule has 0 amide bonds. The van der Waals surface area contributed by atoms with E-state index < -0.39 is 27.9 Å². The molecule has 2 atom stereocenters. The summed E-state index contributed by atoms with van der Waals surface area (Å²) in [4.78, 5) is 10.9. The Morgan fingerprint density at radius 1 is 1.37 bits per heavy atom. The molecule has 0 aromatic heterocycles. The van der Waals surface area contributed by atoms with Crippen LogP contribution in [0.1, 0.15) is 20.3 Å². The quantitative estimate of drug-likeness (QED) is 0.833. The molecule has 1 rings (SSSR count). The van der Waals surface area contributed by atoms with Crippen LogP contribution in [0.25, 0.3) is 0 Å². The lowest BCUT2D eigenvalue weighted by Gasteiger charge is -2.20. The minimum atomic E-state index is -3.97. The van der Waals surface area contributed by atoms with Gasteiger partial charge in [-0.15, -0.1) is 0 Å². The molecule has 0 aliphatic heterocycles. The van der Waals surface area contributed by atoms with Crippen molar-refractivity contribution in [3.05, 3.63) is 30.1 Å². The number of aliphatic carboxylic acids is 1. The first-order chi connectivity index (χ1) is 8.77. The van der Waals surface area contributed by atoms with E-state index in [1.165, 1.54) is 0 Å². The molecular formula is C12H16FNO4S. The Morgan fingerprint density at radius 3 is 2.32 bits per heavy atom. The molecule has 106 valence electrons. The maximum Gasteiger partial charge on any atom is 0.322 e. The zero-order valence-electron chi connectivity index (χ0n) is 10.6. The summed E-state index contributed by atoms with van der Waals surface area (Å²) < 4.78 is 38.8. The molecule has 0 fully saturated rings.